The Hall–Kier alpha value is -0.640. The van der Waals surface area contributed by atoms with Crippen LogP contribution in [0.15, 0.2) is 6.33 Å². The molecule has 0 bridgehead atoms. The molecule has 2 unspecified atom stereocenters. The van der Waals surface area contributed by atoms with Gasteiger partial charge in [-0.3, -0.25) is 0 Å². The van der Waals surface area contributed by atoms with E-state index in [4.69, 9.17) is 0 Å². The number of rotatable bonds is 2. The zero-order valence-electron chi connectivity index (χ0n) is 8.10. The normalized spacial score (nSPS) is 28.3. The fourth-order valence-corrected chi connectivity index (χ4v) is 2.80. The van der Waals surface area contributed by atoms with Crippen LogP contribution in [0.1, 0.15) is 33.1 Å². The molecule has 0 radical (unpaired) electrons. The lowest BCUT2D eigenvalue weighted by Crippen LogP contribution is -2.33. The van der Waals surface area contributed by atoms with Gasteiger partial charge in [0.2, 0.25) is 5.13 Å². The van der Waals surface area contributed by atoms with Crippen molar-refractivity contribution < 1.29 is 0 Å². The summed E-state index contributed by atoms with van der Waals surface area (Å²) in [6.07, 6.45) is 5.46. The lowest BCUT2D eigenvalue weighted by molar-refractivity contribution is 0.626. The molecule has 1 saturated heterocycles. The highest BCUT2D eigenvalue weighted by Gasteiger charge is 2.30. The molecule has 0 N–H and O–H groups in total. The van der Waals surface area contributed by atoms with Gasteiger partial charge in [-0.1, -0.05) is 6.92 Å². The molecule has 2 heterocycles. The average molecular weight is 197 g/mol. The molecule has 0 saturated carbocycles. The Balaban J connectivity index is 2.20. The Morgan fingerprint density at radius 2 is 2.46 bits per heavy atom. The smallest absolute Gasteiger partial charge is 0.205 e. The molecule has 72 valence electrons. The van der Waals surface area contributed by atoms with Crippen LogP contribution in [-0.2, 0) is 0 Å². The molecular weight excluding hydrogens is 182 g/mol. The van der Waals surface area contributed by atoms with Gasteiger partial charge in [0, 0.05) is 23.6 Å². The maximum Gasteiger partial charge on any atom is 0.205 e. The van der Waals surface area contributed by atoms with Crippen molar-refractivity contribution in [3.05, 3.63) is 6.33 Å². The van der Waals surface area contributed by atoms with Gasteiger partial charge >= 0.3 is 0 Å². The summed E-state index contributed by atoms with van der Waals surface area (Å²) >= 11 is 1.51. The van der Waals surface area contributed by atoms with Crippen molar-refractivity contribution in [3.8, 4) is 0 Å². The molecule has 1 aliphatic heterocycles. The monoisotopic (exact) mass is 197 g/mol. The Labute approximate surface area is 83.0 Å². The van der Waals surface area contributed by atoms with E-state index in [1.54, 1.807) is 6.33 Å². The third kappa shape index (κ3) is 1.55. The average Bonchev–Trinajstić information content (AvgIpc) is 2.72. The van der Waals surface area contributed by atoms with Crippen molar-refractivity contribution in [1.29, 1.82) is 0 Å². The lowest BCUT2D eigenvalue weighted by Gasteiger charge is -2.26. The molecule has 1 aliphatic rings. The summed E-state index contributed by atoms with van der Waals surface area (Å²) in [5, 5.41) is 1.09. The molecule has 0 amide bonds. The minimum absolute atomic E-state index is 0.637. The van der Waals surface area contributed by atoms with Crippen LogP contribution < -0.4 is 4.90 Å². The molecule has 1 fully saturated rings. The predicted molar refractivity (Wildman–Crippen MR) is 55.2 cm³/mol. The molecule has 0 aliphatic carbocycles. The fourth-order valence-electron chi connectivity index (χ4n) is 2.10. The van der Waals surface area contributed by atoms with Gasteiger partial charge < -0.3 is 4.90 Å². The third-order valence-electron chi connectivity index (χ3n) is 2.83. The van der Waals surface area contributed by atoms with Gasteiger partial charge in [-0.2, -0.15) is 4.37 Å². The molecule has 0 spiro atoms. The summed E-state index contributed by atoms with van der Waals surface area (Å²) in [5.41, 5.74) is 0. The standard InChI is InChI=1S/C9H15N3S/c1-3-8-5-4-7(2)12(8)9-10-6-11-13-9/h6-8H,3-5H2,1-2H3. The van der Waals surface area contributed by atoms with E-state index in [2.05, 4.69) is 28.1 Å². The third-order valence-corrected chi connectivity index (χ3v) is 3.51. The van der Waals surface area contributed by atoms with E-state index in [0.717, 1.165) is 5.13 Å². The van der Waals surface area contributed by atoms with E-state index in [1.165, 1.54) is 30.8 Å². The van der Waals surface area contributed by atoms with Crippen LogP contribution in [-0.4, -0.2) is 21.4 Å². The quantitative estimate of drug-likeness (QED) is 0.728. The minimum atomic E-state index is 0.637. The van der Waals surface area contributed by atoms with Crippen molar-refractivity contribution in [1.82, 2.24) is 9.36 Å². The number of hydrogen-bond donors (Lipinski definition) is 0. The molecule has 4 heteroatoms. The summed E-state index contributed by atoms with van der Waals surface area (Å²) in [7, 11) is 0. The van der Waals surface area contributed by atoms with Crippen LogP contribution in [0.3, 0.4) is 0 Å². The highest BCUT2D eigenvalue weighted by Crippen LogP contribution is 2.31. The molecule has 13 heavy (non-hydrogen) atoms. The Kier molecular flexibility index (Phi) is 2.49. The second-order valence-electron chi connectivity index (χ2n) is 3.62. The summed E-state index contributed by atoms with van der Waals surface area (Å²) in [6.45, 7) is 4.52. The van der Waals surface area contributed by atoms with Gasteiger partial charge in [0.05, 0.1) is 0 Å². The van der Waals surface area contributed by atoms with E-state index in [1.807, 2.05) is 0 Å². The lowest BCUT2D eigenvalue weighted by atomic mass is 10.2. The van der Waals surface area contributed by atoms with Crippen LogP contribution >= 0.6 is 11.5 Å². The molecule has 1 aromatic rings. The molecule has 2 atom stereocenters. The molecule has 0 aromatic carbocycles. The van der Waals surface area contributed by atoms with Crippen molar-refractivity contribution in [2.45, 2.75) is 45.2 Å². The first-order valence-electron chi connectivity index (χ1n) is 4.88. The maximum atomic E-state index is 4.28. The van der Waals surface area contributed by atoms with Crippen LogP contribution in [0, 0.1) is 0 Å². The SMILES string of the molecule is CCC1CCC(C)N1c1ncns1. The van der Waals surface area contributed by atoms with Gasteiger partial charge in [-0.25, -0.2) is 4.98 Å². The predicted octanol–water partition coefficient (Wildman–Crippen LogP) is 2.31. The van der Waals surface area contributed by atoms with Gasteiger partial charge in [-0.15, -0.1) is 0 Å². The minimum Gasteiger partial charge on any atom is -0.341 e. The number of anilines is 1. The second-order valence-corrected chi connectivity index (χ2v) is 4.38. The number of hydrogen-bond acceptors (Lipinski definition) is 4. The highest BCUT2D eigenvalue weighted by molar-refractivity contribution is 7.09. The first-order chi connectivity index (χ1) is 6.33. The fraction of sp³-hybridized carbons (Fsp3) is 0.778. The second kappa shape index (κ2) is 3.62. The van der Waals surface area contributed by atoms with Gasteiger partial charge in [-0.05, 0) is 26.2 Å². The van der Waals surface area contributed by atoms with Crippen LogP contribution in [0.25, 0.3) is 0 Å². The summed E-state index contributed by atoms with van der Waals surface area (Å²) in [4.78, 5) is 6.71. The van der Waals surface area contributed by atoms with Crippen molar-refractivity contribution >= 4 is 16.7 Å². The van der Waals surface area contributed by atoms with Gasteiger partial charge in [0.25, 0.3) is 0 Å². The zero-order chi connectivity index (χ0) is 9.26. The maximum absolute atomic E-state index is 4.28. The number of nitrogens with zero attached hydrogens (tertiary/aromatic N) is 3. The molecule has 1 aromatic heterocycles. The first kappa shape index (κ1) is 8.94. The van der Waals surface area contributed by atoms with Crippen LogP contribution in [0.5, 0.6) is 0 Å². The zero-order valence-corrected chi connectivity index (χ0v) is 8.92. The van der Waals surface area contributed by atoms with Crippen molar-refractivity contribution in [2.75, 3.05) is 4.90 Å². The van der Waals surface area contributed by atoms with E-state index < -0.39 is 0 Å². The Morgan fingerprint density at radius 3 is 3.08 bits per heavy atom. The van der Waals surface area contributed by atoms with Crippen molar-refractivity contribution in [2.24, 2.45) is 0 Å². The summed E-state index contributed by atoms with van der Waals surface area (Å²) < 4.78 is 4.06. The highest BCUT2D eigenvalue weighted by atomic mass is 32.1. The van der Waals surface area contributed by atoms with E-state index in [0.29, 0.717) is 12.1 Å². The first-order valence-corrected chi connectivity index (χ1v) is 5.65. The van der Waals surface area contributed by atoms with Crippen molar-refractivity contribution in [3.63, 3.8) is 0 Å². The van der Waals surface area contributed by atoms with Gasteiger partial charge in [0.15, 0.2) is 0 Å². The van der Waals surface area contributed by atoms with Gasteiger partial charge in [0.1, 0.15) is 6.33 Å². The van der Waals surface area contributed by atoms with E-state index >= 15 is 0 Å². The molecule has 3 nitrogen and oxygen atoms in total. The Morgan fingerprint density at radius 1 is 1.62 bits per heavy atom. The van der Waals surface area contributed by atoms with E-state index in [9.17, 15) is 0 Å². The summed E-state index contributed by atoms with van der Waals surface area (Å²) in [5.74, 6) is 0. The largest absolute Gasteiger partial charge is 0.341 e. The molecular formula is C9H15N3S. The van der Waals surface area contributed by atoms with E-state index in [-0.39, 0.29) is 0 Å². The molecule has 2 rings (SSSR count). The topological polar surface area (TPSA) is 29.0 Å². The summed E-state index contributed by atoms with van der Waals surface area (Å²) in [6, 6.07) is 1.32. The van der Waals surface area contributed by atoms with Crippen LogP contribution in [0.4, 0.5) is 5.13 Å². The number of aromatic nitrogens is 2. The Bertz CT molecular complexity index is 260. The van der Waals surface area contributed by atoms with Crippen LogP contribution in [0.2, 0.25) is 0 Å².